The van der Waals surface area contributed by atoms with Crippen molar-refractivity contribution < 1.29 is 9.53 Å². The van der Waals surface area contributed by atoms with E-state index in [9.17, 15) is 4.79 Å². The van der Waals surface area contributed by atoms with Crippen LogP contribution in [0.2, 0.25) is 0 Å². The highest BCUT2D eigenvalue weighted by Crippen LogP contribution is 2.38. The fourth-order valence-electron chi connectivity index (χ4n) is 2.87. The summed E-state index contributed by atoms with van der Waals surface area (Å²) in [5.74, 6) is 1.12. The Balaban J connectivity index is 1.93. The van der Waals surface area contributed by atoms with Crippen molar-refractivity contribution >= 4 is 6.29 Å². The standard InChI is InChI=1S/C15H16N2O2/c1-19-15-6-11-3-2-10(4-13-7-16-9-17-13)14(11)5-12(15)8-18/h5-10H,2-4H2,1H3,(H,16,17). The summed E-state index contributed by atoms with van der Waals surface area (Å²) < 4.78 is 5.25. The zero-order chi connectivity index (χ0) is 13.2. The predicted octanol–water partition coefficient (Wildman–Crippen LogP) is 2.50. The van der Waals surface area contributed by atoms with Crippen LogP contribution in [-0.2, 0) is 12.8 Å². The predicted molar refractivity (Wildman–Crippen MR) is 71.7 cm³/mol. The van der Waals surface area contributed by atoms with Gasteiger partial charge in [0, 0.05) is 6.20 Å². The van der Waals surface area contributed by atoms with E-state index < -0.39 is 0 Å². The van der Waals surface area contributed by atoms with Gasteiger partial charge in [0.2, 0.25) is 0 Å². The molecule has 3 rings (SSSR count). The number of hydrogen-bond acceptors (Lipinski definition) is 3. The SMILES string of the molecule is COc1cc2c(cc1C=O)C(Cc1c[nH]cn1)CC2. The zero-order valence-electron chi connectivity index (χ0n) is 10.8. The van der Waals surface area contributed by atoms with Crippen LogP contribution in [0.5, 0.6) is 5.75 Å². The van der Waals surface area contributed by atoms with Gasteiger partial charge in [-0.1, -0.05) is 0 Å². The van der Waals surface area contributed by atoms with Gasteiger partial charge >= 0.3 is 0 Å². The number of aryl methyl sites for hydroxylation is 1. The van der Waals surface area contributed by atoms with Crippen molar-refractivity contribution in [1.82, 2.24) is 9.97 Å². The molecule has 0 fully saturated rings. The van der Waals surface area contributed by atoms with Crippen LogP contribution in [0.3, 0.4) is 0 Å². The van der Waals surface area contributed by atoms with Crippen LogP contribution in [0.1, 0.15) is 39.5 Å². The minimum atomic E-state index is 0.447. The van der Waals surface area contributed by atoms with E-state index in [0.29, 0.717) is 17.2 Å². The van der Waals surface area contributed by atoms with E-state index >= 15 is 0 Å². The number of benzene rings is 1. The number of ether oxygens (including phenoxy) is 1. The van der Waals surface area contributed by atoms with Crippen molar-refractivity contribution in [2.45, 2.75) is 25.2 Å². The Hall–Kier alpha value is -2.10. The number of hydrogen-bond donors (Lipinski definition) is 1. The van der Waals surface area contributed by atoms with E-state index in [1.165, 1.54) is 11.1 Å². The minimum absolute atomic E-state index is 0.447. The molecule has 1 aliphatic rings. The van der Waals surface area contributed by atoms with Crippen LogP contribution in [-0.4, -0.2) is 23.4 Å². The average Bonchev–Trinajstić information content (AvgIpc) is 3.08. The van der Waals surface area contributed by atoms with Gasteiger partial charge in [-0.25, -0.2) is 4.98 Å². The van der Waals surface area contributed by atoms with E-state index in [4.69, 9.17) is 4.74 Å². The van der Waals surface area contributed by atoms with E-state index in [0.717, 1.165) is 31.2 Å². The summed E-state index contributed by atoms with van der Waals surface area (Å²) in [7, 11) is 1.60. The number of carbonyl (C=O) groups is 1. The van der Waals surface area contributed by atoms with Gasteiger partial charge in [-0.2, -0.15) is 0 Å². The Kier molecular flexibility index (Phi) is 3.07. The largest absolute Gasteiger partial charge is 0.496 e. The molecule has 1 N–H and O–H groups in total. The monoisotopic (exact) mass is 256 g/mol. The second-order valence-corrected chi connectivity index (χ2v) is 4.91. The second-order valence-electron chi connectivity index (χ2n) is 4.91. The molecule has 0 amide bonds. The summed E-state index contributed by atoms with van der Waals surface area (Å²) >= 11 is 0. The first kappa shape index (κ1) is 12.0. The van der Waals surface area contributed by atoms with Crippen LogP contribution in [0.25, 0.3) is 0 Å². The van der Waals surface area contributed by atoms with Crippen LogP contribution < -0.4 is 4.74 Å². The maximum atomic E-state index is 11.1. The number of aromatic amines is 1. The van der Waals surface area contributed by atoms with E-state index in [-0.39, 0.29) is 0 Å². The summed E-state index contributed by atoms with van der Waals surface area (Å²) in [5.41, 5.74) is 4.27. The molecular formula is C15H16N2O2. The summed E-state index contributed by atoms with van der Waals surface area (Å²) in [5, 5.41) is 0. The number of methoxy groups -OCH3 is 1. The third-order valence-electron chi connectivity index (χ3n) is 3.83. The maximum absolute atomic E-state index is 11.1. The molecule has 1 unspecified atom stereocenters. The molecule has 0 spiro atoms. The number of rotatable bonds is 4. The van der Waals surface area contributed by atoms with Gasteiger partial charge in [-0.15, -0.1) is 0 Å². The smallest absolute Gasteiger partial charge is 0.153 e. The quantitative estimate of drug-likeness (QED) is 0.855. The van der Waals surface area contributed by atoms with Gasteiger partial charge in [0.25, 0.3) is 0 Å². The molecule has 19 heavy (non-hydrogen) atoms. The number of aromatic nitrogens is 2. The summed E-state index contributed by atoms with van der Waals surface area (Å²) in [6.07, 6.45) is 7.57. The number of H-pyrrole nitrogens is 1. The number of fused-ring (bicyclic) bond motifs is 1. The lowest BCUT2D eigenvalue weighted by Gasteiger charge is -2.12. The minimum Gasteiger partial charge on any atom is -0.496 e. The molecule has 4 heteroatoms. The van der Waals surface area contributed by atoms with Gasteiger partial charge in [-0.3, -0.25) is 4.79 Å². The highest BCUT2D eigenvalue weighted by molar-refractivity contribution is 5.80. The summed E-state index contributed by atoms with van der Waals surface area (Å²) in [6, 6.07) is 3.98. The number of imidazole rings is 1. The van der Waals surface area contributed by atoms with Gasteiger partial charge in [0.1, 0.15) is 5.75 Å². The number of aldehydes is 1. The molecule has 1 aliphatic carbocycles. The van der Waals surface area contributed by atoms with Gasteiger partial charge < -0.3 is 9.72 Å². The maximum Gasteiger partial charge on any atom is 0.153 e. The topological polar surface area (TPSA) is 55.0 Å². The lowest BCUT2D eigenvalue weighted by Crippen LogP contribution is -2.01. The van der Waals surface area contributed by atoms with Crippen LogP contribution in [0.15, 0.2) is 24.7 Å². The fourth-order valence-corrected chi connectivity index (χ4v) is 2.87. The molecule has 1 heterocycles. The molecular weight excluding hydrogens is 240 g/mol. The second kappa shape index (κ2) is 4.88. The van der Waals surface area contributed by atoms with Crippen molar-refractivity contribution in [2.24, 2.45) is 0 Å². The molecule has 0 saturated heterocycles. The molecule has 0 saturated carbocycles. The van der Waals surface area contributed by atoms with E-state index in [2.05, 4.69) is 9.97 Å². The van der Waals surface area contributed by atoms with Crippen molar-refractivity contribution in [1.29, 1.82) is 0 Å². The Morgan fingerprint density at radius 3 is 3.11 bits per heavy atom. The first-order valence-electron chi connectivity index (χ1n) is 6.45. The van der Waals surface area contributed by atoms with Gasteiger partial charge in [0.05, 0.1) is 24.7 Å². The first-order valence-corrected chi connectivity index (χ1v) is 6.45. The average molecular weight is 256 g/mol. The van der Waals surface area contributed by atoms with Crippen molar-refractivity contribution in [3.05, 3.63) is 47.0 Å². The number of carbonyl (C=O) groups excluding carboxylic acids is 1. The van der Waals surface area contributed by atoms with Gasteiger partial charge in [0.15, 0.2) is 6.29 Å². The Bertz CT molecular complexity index is 590. The summed E-state index contributed by atoms with van der Waals surface area (Å²) in [4.78, 5) is 18.4. The van der Waals surface area contributed by atoms with Gasteiger partial charge in [-0.05, 0) is 48.4 Å². The molecule has 0 bridgehead atoms. The van der Waals surface area contributed by atoms with Crippen LogP contribution >= 0.6 is 0 Å². The lowest BCUT2D eigenvalue weighted by molar-refractivity contribution is 0.112. The van der Waals surface area contributed by atoms with Crippen LogP contribution in [0, 0.1) is 0 Å². The molecule has 2 aromatic rings. The molecule has 0 radical (unpaired) electrons. The Morgan fingerprint density at radius 1 is 1.53 bits per heavy atom. The van der Waals surface area contributed by atoms with E-state index in [1.54, 1.807) is 13.4 Å². The number of nitrogens with one attached hydrogen (secondary N) is 1. The van der Waals surface area contributed by atoms with Crippen molar-refractivity contribution in [3.63, 3.8) is 0 Å². The highest BCUT2D eigenvalue weighted by Gasteiger charge is 2.25. The third kappa shape index (κ3) is 2.14. The van der Waals surface area contributed by atoms with E-state index in [1.807, 2.05) is 18.3 Å². The Morgan fingerprint density at radius 2 is 2.42 bits per heavy atom. The first-order chi connectivity index (χ1) is 9.31. The zero-order valence-corrected chi connectivity index (χ0v) is 10.8. The molecule has 98 valence electrons. The van der Waals surface area contributed by atoms with Crippen molar-refractivity contribution in [3.8, 4) is 5.75 Å². The fraction of sp³-hybridized carbons (Fsp3) is 0.333. The normalized spacial score (nSPS) is 17.2. The third-order valence-corrected chi connectivity index (χ3v) is 3.83. The lowest BCUT2D eigenvalue weighted by atomic mass is 9.95. The molecule has 4 nitrogen and oxygen atoms in total. The summed E-state index contributed by atoms with van der Waals surface area (Å²) in [6.45, 7) is 0. The molecule has 1 atom stereocenters. The van der Waals surface area contributed by atoms with Crippen molar-refractivity contribution in [2.75, 3.05) is 7.11 Å². The number of nitrogens with zero attached hydrogens (tertiary/aromatic N) is 1. The Labute approximate surface area is 111 Å². The van der Waals surface area contributed by atoms with Crippen LogP contribution in [0.4, 0.5) is 0 Å². The highest BCUT2D eigenvalue weighted by atomic mass is 16.5. The molecule has 1 aromatic carbocycles. The molecule has 0 aliphatic heterocycles. The molecule has 1 aromatic heterocycles.